The molecule has 3 amide bonds. The highest BCUT2D eigenvalue weighted by Crippen LogP contribution is 2.09. The van der Waals surface area contributed by atoms with Crippen LogP contribution in [0, 0.1) is 0 Å². The maximum absolute atomic E-state index is 11.9. The number of urea groups is 1. The van der Waals surface area contributed by atoms with E-state index in [0.717, 1.165) is 24.8 Å². The Hall–Kier alpha value is -2.13. The van der Waals surface area contributed by atoms with Gasteiger partial charge in [-0.15, -0.1) is 0 Å². The Labute approximate surface area is 161 Å². The van der Waals surface area contributed by atoms with E-state index in [1.54, 1.807) is 26.0 Å². The fourth-order valence-electron chi connectivity index (χ4n) is 2.46. The predicted octanol–water partition coefficient (Wildman–Crippen LogP) is 1.36. The zero-order chi connectivity index (χ0) is 20.3. The van der Waals surface area contributed by atoms with Crippen LogP contribution in [-0.4, -0.2) is 32.9 Å². The average molecular weight is 399 g/mol. The molecule has 0 atom stereocenters. The number of hydrogen-bond donors (Lipinski definition) is 4. The summed E-state index contributed by atoms with van der Waals surface area (Å²) in [6, 6.07) is 6.47. The summed E-state index contributed by atoms with van der Waals surface area (Å²) in [5, 5.41) is 5.35. The first-order valence-electron chi connectivity index (χ1n) is 9.06. The Morgan fingerprint density at radius 1 is 1.00 bits per heavy atom. The molecule has 0 aromatic heterocycles. The van der Waals surface area contributed by atoms with E-state index in [-0.39, 0.29) is 17.7 Å². The van der Waals surface area contributed by atoms with Crippen molar-refractivity contribution in [2.45, 2.75) is 57.9 Å². The number of primary amides is 1. The quantitative estimate of drug-likeness (QED) is 0.396. The van der Waals surface area contributed by atoms with Crippen LogP contribution in [0.3, 0.4) is 0 Å². The largest absolute Gasteiger partial charge is 0.352 e. The van der Waals surface area contributed by atoms with Gasteiger partial charge < -0.3 is 16.4 Å². The third-order valence-electron chi connectivity index (χ3n) is 3.66. The van der Waals surface area contributed by atoms with Crippen LogP contribution in [-0.2, 0) is 27.1 Å². The number of rotatable bonds is 12. The number of carbonyl (C=O) groups excluding carboxylic acids is 2. The number of benzene rings is 1. The highest BCUT2D eigenvalue weighted by atomic mass is 32.2. The molecular weight excluding hydrogens is 368 g/mol. The number of sulfonamides is 1. The van der Waals surface area contributed by atoms with E-state index < -0.39 is 16.1 Å². The monoisotopic (exact) mass is 398 g/mol. The van der Waals surface area contributed by atoms with E-state index >= 15 is 0 Å². The lowest BCUT2D eigenvalue weighted by atomic mass is 10.1. The topological polar surface area (TPSA) is 130 Å². The molecule has 9 heteroatoms. The van der Waals surface area contributed by atoms with Gasteiger partial charge in [0.2, 0.25) is 15.9 Å². The van der Waals surface area contributed by atoms with Crippen molar-refractivity contribution in [1.82, 2.24) is 15.4 Å². The number of unbranched alkanes of at least 4 members (excludes halogenated alkanes) is 2. The zero-order valence-electron chi connectivity index (χ0n) is 16.0. The fraction of sp³-hybridized carbons (Fsp3) is 0.556. The second-order valence-electron chi connectivity index (χ2n) is 6.73. The number of nitrogens with two attached hydrogens (primary N) is 1. The van der Waals surface area contributed by atoms with E-state index in [0.29, 0.717) is 25.1 Å². The summed E-state index contributed by atoms with van der Waals surface area (Å²) in [7, 11) is -3.34. The van der Waals surface area contributed by atoms with Crippen molar-refractivity contribution in [3.8, 4) is 0 Å². The molecule has 0 heterocycles. The minimum Gasteiger partial charge on any atom is -0.352 e. The highest BCUT2D eigenvalue weighted by molar-refractivity contribution is 7.88. The minimum atomic E-state index is -3.34. The lowest BCUT2D eigenvalue weighted by molar-refractivity contribution is -0.121. The second-order valence-corrected chi connectivity index (χ2v) is 8.48. The molecule has 0 fully saturated rings. The summed E-state index contributed by atoms with van der Waals surface area (Å²) >= 11 is 0. The van der Waals surface area contributed by atoms with Gasteiger partial charge in [-0.25, -0.2) is 17.9 Å². The average Bonchev–Trinajstić information content (AvgIpc) is 2.55. The van der Waals surface area contributed by atoms with Crippen LogP contribution >= 0.6 is 0 Å². The Kier molecular flexibility index (Phi) is 9.81. The van der Waals surface area contributed by atoms with Crippen molar-refractivity contribution in [1.29, 1.82) is 0 Å². The van der Waals surface area contributed by atoms with Crippen molar-refractivity contribution in [2.75, 3.05) is 6.54 Å². The molecule has 0 saturated carbocycles. The number of nitrogens with one attached hydrogen (secondary N) is 3. The Morgan fingerprint density at radius 3 is 2.22 bits per heavy atom. The lowest BCUT2D eigenvalue weighted by Gasteiger charge is -2.10. The molecule has 0 aliphatic rings. The first-order valence-corrected chi connectivity index (χ1v) is 10.7. The summed E-state index contributed by atoms with van der Waals surface area (Å²) in [5.74, 6) is -0.103. The summed E-state index contributed by atoms with van der Waals surface area (Å²) < 4.78 is 26.4. The second kappa shape index (κ2) is 11.6. The minimum absolute atomic E-state index is 0.0364. The van der Waals surface area contributed by atoms with Crippen molar-refractivity contribution in [3.63, 3.8) is 0 Å². The summed E-state index contributed by atoms with van der Waals surface area (Å²) in [6.07, 6.45) is 2.78. The molecular formula is C18H30N4O4S. The van der Waals surface area contributed by atoms with Gasteiger partial charge in [0.25, 0.3) is 0 Å². The van der Waals surface area contributed by atoms with Crippen LogP contribution in [0.1, 0.15) is 50.7 Å². The normalized spacial score (nSPS) is 11.4. The van der Waals surface area contributed by atoms with Crippen LogP contribution in [0.15, 0.2) is 24.3 Å². The first kappa shape index (κ1) is 22.9. The standard InChI is InChI=1S/C18H30N4O4S/c1-14(2)22-27(25,26)13-16-9-7-15(8-10-16)12-21-17(23)6-4-3-5-11-20-18(19)24/h7-10,14,22H,3-6,11-13H2,1-2H3,(H,21,23)(H3,19,20,24). The van der Waals surface area contributed by atoms with Gasteiger partial charge in [-0.1, -0.05) is 30.7 Å². The van der Waals surface area contributed by atoms with Crippen molar-refractivity contribution >= 4 is 22.0 Å². The molecule has 8 nitrogen and oxygen atoms in total. The first-order chi connectivity index (χ1) is 12.7. The van der Waals surface area contributed by atoms with Crippen LogP contribution in [0.5, 0.6) is 0 Å². The third-order valence-corrected chi connectivity index (χ3v) is 5.21. The van der Waals surface area contributed by atoms with Crippen molar-refractivity contribution in [3.05, 3.63) is 35.4 Å². The molecule has 0 unspecified atom stereocenters. The van der Waals surface area contributed by atoms with Gasteiger partial charge in [-0.2, -0.15) is 0 Å². The Morgan fingerprint density at radius 2 is 1.63 bits per heavy atom. The third kappa shape index (κ3) is 11.2. The SMILES string of the molecule is CC(C)NS(=O)(=O)Cc1ccc(CNC(=O)CCCCCNC(N)=O)cc1. The van der Waals surface area contributed by atoms with Crippen LogP contribution in [0.2, 0.25) is 0 Å². The maximum Gasteiger partial charge on any atom is 0.312 e. The molecule has 0 saturated heterocycles. The molecule has 27 heavy (non-hydrogen) atoms. The molecule has 1 aromatic rings. The molecule has 5 N–H and O–H groups in total. The number of hydrogen-bond acceptors (Lipinski definition) is 4. The van der Waals surface area contributed by atoms with Crippen LogP contribution < -0.4 is 21.1 Å². The Balaban J connectivity index is 2.29. The Bertz CT molecular complexity index is 703. The van der Waals surface area contributed by atoms with Gasteiger partial charge in [0, 0.05) is 25.6 Å². The molecule has 1 aromatic carbocycles. The molecule has 0 aliphatic carbocycles. The van der Waals surface area contributed by atoms with Gasteiger partial charge in [0.1, 0.15) is 0 Å². The van der Waals surface area contributed by atoms with Gasteiger partial charge in [-0.3, -0.25) is 4.79 Å². The van der Waals surface area contributed by atoms with E-state index in [4.69, 9.17) is 5.73 Å². The fourth-order valence-corrected chi connectivity index (χ4v) is 3.89. The zero-order valence-corrected chi connectivity index (χ0v) is 16.8. The predicted molar refractivity (Wildman–Crippen MR) is 105 cm³/mol. The molecule has 0 spiro atoms. The highest BCUT2D eigenvalue weighted by Gasteiger charge is 2.12. The van der Waals surface area contributed by atoms with Crippen molar-refractivity contribution < 1.29 is 18.0 Å². The smallest absolute Gasteiger partial charge is 0.312 e. The van der Waals surface area contributed by atoms with Gasteiger partial charge >= 0.3 is 6.03 Å². The maximum atomic E-state index is 11.9. The molecule has 0 aliphatic heterocycles. The van der Waals surface area contributed by atoms with E-state index in [2.05, 4.69) is 15.4 Å². The summed E-state index contributed by atoms with van der Waals surface area (Å²) in [5.41, 5.74) is 6.57. The molecule has 0 bridgehead atoms. The summed E-state index contributed by atoms with van der Waals surface area (Å²) in [6.45, 7) is 4.48. The van der Waals surface area contributed by atoms with Crippen LogP contribution in [0.4, 0.5) is 4.79 Å². The van der Waals surface area contributed by atoms with Gasteiger partial charge in [-0.05, 0) is 37.8 Å². The van der Waals surface area contributed by atoms with E-state index in [1.165, 1.54) is 0 Å². The van der Waals surface area contributed by atoms with E-state index in [1.807, 2.05) is 12.1 Å². The summed E-state index contributed by atoms with van der Waals surface area (Å²) in [4.78, 5) is 22.3. The molecule has 1 rings (SSSR count). The van der Waals surface area contributed by atoms with Gasteiger partial charge in [0.15, 0.2) is 0 Å². The number of carbonyl (C=O) groups is 2. The lowest BCUT2D eigenvalue weighted by Crippen LogP contribution is -2.31. The molecule has 0 radical (unpaired) electrons. The number of amides is 3. The van der Waals surface area contributed by atoms with Gasteiger partial charge in [0.05, 0.1) is 5.75 Å². The van der Waals surface area contributed by atoms with E-state index in [9.17, 15) is 18.0 Å². The van der Waals surface area contributed by atoms with Crippen LogP contribution in [0.25, 0.3) is 0 Å². The van der Waals surface area contributed by atoms with Crippen molar-refractivity contribution in [2.24, 2.45) is 5.73 Å². The molecule has 152 valence electrons.